The molecule has 0 amide bonds. The second-order valence-corrected chi connectivity index (χ2v) is 5.14. The van der Waals surface area contributed by atoms with E-state index in [9.17, 15) is 9.90 Å². The molecule has 1 fully saturated rings. The molecule has 1 atom stereocenters. The summed E-state index contributed by atoms with van der Waals surface area (Å²) in [4.78, 5) is 19.8. The quantitative estimate of drug-likeness (QED) is 0.882. The van der Waals surface area contributed by atoms with E-state index in [0.29, 0.717) is 18.2 Å². The number of aromatic nitrogens is 2. The van der Waals surface area contributed by atoms with Crippen LogP contribution in [0.3, 0.4) is 0 Å². The van der Waals surface area contributed by atoms with Gasteiger partial charge in [0.25, 0.3) is 0 Å². The van der Waals surface area contributed by atoms with Crippen molar-refractivity contribution in [1.82, 2.24) is 9.97 Å². The number of carboxylic acids is 1. The van der Waals surface area contributed by atoms with Gasteiger partial charge < -0.3 is 15.2 Å². The molecule has 1 aliphatic rings. The molecule has 114 valence electrons. The molecule has 1 unspecified atom stereocenters. The van der Waals surface area contributed by atoms with Crippen LogP contribution >= 0.6 is 0 Å². The number of nitrogens with one attached hydrogen (secondary N) is 1. The van der Waals surface area contributed by atoms with Crippen LogP contribution in [0, 0.1) is 0 Å². The molecule has 2 N–H and O–H groups in total. The molecule has 1 saturated heterocycles. The van der Waals surface area contributed by atoms with Crippen molar-refractivity contribution in [3.8, 4) is 11.3 Å². The Labute approximate surface area is 128 Å². The minimum absolute atomic E-state index is 0.0915. The van der Waals surface area contributed by atoms with Crippen LogP contribution in [0.1, 0.15) is 23.2 Å². The summed E-state index contributed by atoms with van der Waals surface area (Å²) in [6.07, 6.45) is 3.60. The predicted octanol–water partition coefficient (Wildman–Crippen LogP) is 2.43. The van der Waals surface area contributed by atoms with E-state index >= 15 is 0 Å². The van der Waals surface area contributed by atoms with Crippen LogP contribution in [0.15, 0.2) is 36.5 Å². The fourth-order valence-corrected chi connectivity index (χ4v) is 2.45. The van der Waals surface area contributed by atoms with Gasteiger partial charge in [-0.15, -0.1) is 0 Å². The molecule has 2 aromatic rings. The van der Waals surface area contributed by atoms with Gasteiger partial charge in [0.05, 0.1) is 11.8 Å². The second-order valence-electron chi connectivity index (χ2n) is 5.14. The van der Waals surface area contributed by atoms with E-state index in [1.807, 2.05) is 30.3 Å². The SMILES string of the molecule is O=C(O)c1cnc(NCC2CCCO2)nc1-c1ccccc1. The lowest BCUT2D eigenvalue weighted by molar-refractivity contribution is 0.0697. The highest BCUT2D eigenvalue weighted by Crippen LogP contribution is 2.22. The normalized spacial score (nSPS) is 17.4. The average molecular weight is 299 g/mol. The molecule has 1 aliphatic heterocycles. The van der Waals surface area contributed by atoms with E-state index in [0.717, 1.165) is 25.0 Å². The van der Waals surface area contributed by atoms with Gasteiger partial charge in [-0.3, -0.25) is 0 Å². The third-order valence-corrected chi connectivity index (χ3v) is 3.58. The monoisotopic (exact) mass is 299 g/mol. The first-order valence-electron chi connectivity index (χ1n) is 7.25. The maximum absolute atomic E-state index is 11.4. The van der Waals surface area contributed by atoms with Crippen LogP contribution in [-0.4, -0.2) is 40.3 Å². The van der Waals surface area contributed by atoms with E-state index < -0.39 is 5.97 Å². The first-order valence-corrected chi connectivity index (χ1v) is 7.25. The van der Waals surface area contributed by atoms with Crippen molar-refractivity contribution in [3.63, 3.8) is 0 Å². The number of nitrogens with zero attached hydrogens (tertiary/aromatic N) is 2. The zero-order valence-corrected chi connectivity index (χ0v) is 12.0. The number of hydrogen-bond donors (Lipinski definition) is 2. The number of rotatable bonds is 5. The molecule has 3 rings (SSSR count). The van der Waals surface area contributed by atoms with Gasteiger partial charge >= 0.3 is 5.97 Å². The number of carboxylic acid groups (broad SMARTS) is 1. The average Bonchev–Trinajstić information content (AvgIpc) is 3.07. The maximum Gasteiger partial charge on any atom is 0.339 e. The molecule has 0 aliphatic carbocycles. The summed E-state index contributed by atoms with van der Waals surface area (Å²) in [5, 5.41) is 12.4. The minimum atomic E-state index is -1.04. The molecule has 22 heavy (non-hydrogen) atoms. The molecule has 0 bridgehead atoms. The van der Waals surface area contributed by atoms with Gasteiger partial charge in [0, 0.05) is 24.9 Å². The number of ether oxygens (including phenoxy) is 1. The summed E-state index contributed by atoms with van der Waals surface area (Å²) < 4.78 is 5.54. The molecule has 6 nitrogen and oxygen atoms in total. The number of anilines is 1. The fraction of sp³-hybridized carbons (Fsp3) is 0.312. The zero-order valence-electron chi connectivity index (χ0n) is 12.0. The van der Waals surface area contributed by atoms with Crippen LogP contribution in [0.25, 0.3) is 11.3 Å². The van der Waals surface area contributed by atoms with E-state index in [1.54, 1.807) is 0 Å². The molecular weight excluding hydrogens is 282 g/mol. The third kappa shape index (κ3) is 3.23. The van der Waals surface area contributed by atoms with Crippen LogP contribution in [0.4, 0.5) is 5.95 Å². The Hall–Kier alpha value is -2.47. The standard InChI is InChI=1S/C16H17N3O3/c20-15(21)13-10-18-16(17-9-12-7-4-8-22-12)19-14(13)11-5-2-1-3-6-11/h1-3,5-6,10,12H,4,7-9H2,(H,20,21)(H,17,18,19). The minimum Gasteiger partial charge on any atom is -0.478 e. The summed E-state index contributed by atoms with van der Waals surface area (Å²) in [5.41, 5.74) is 1.26. The number of aromatic carboxylic acids is 1. The first-order chi connectivity index (χ1) is 10.7. The van der Waals surface area contributed by atoms with Gasteiger partial charge in [0.2, 0.25) is 5.95 Å². The first kappa shape index (κ1) is 14.5. The number of hydrogen-bond acceptors (Lipinski definition) is 5. The lowest BCUT2D eigenvalue weighted by Crippen LogP contribution is -2.20. The van der Waals surface area contributed by atoms with Gasteiger partial charge in [-0.25, -0.2) is 14.8 Å². The molecule has 0 saturated carbocycles. The van der Waals surface area contributed by atoms with Crippen LogP contribution < -0.4 is 5.32 Å². The van der Waals surface area contributed by atoms with Crippen molar-refractivity contribution in [2.24, 2.45) is 0 Å². The van der Waals surface area contributed by atoms with Crippen LogP contribution in [0.2, 0.25) is 0 Å². The molecule has 1 aromatic heterocycles. The Kier molecular flexibility index (Phi) is 4.29. The molecule has 6 heteroatoms. The molecule has 0 spiro atoms. The molecule has 0 radical (unpaired) electrons. The van der Waals surface area contributed by atoms with Crippen molar-refractivity contribution in [1.29, 1.82) is 0 Å². The van der Waals surface area contributed by atoms with Crippen molar-refractivity contribution in [2.45, 2.75) is 18.9 Å². The third-order valence-electron chi connectivity index (χ3n) is 3.58. The Balaban J connectivity index is 1.85. The lowest BCUT2D eigenvalue weighted by Gasteiger charge is -2.12. The van der Waals surface area contributed by atoms with Gasteiger partial charge in [-0.1, -0.05) is 30.3 Å². The van der Waals surface area contributed by atoms with Crippen LogP contribution in [-0.2, 0) is 4.74 Å². The molecule has 2 heterocycles. The smallest absolute Gasteiger partial charge is 0.339 e. The maximum atomic E-state index is 11.4. The van der Waals surface area contributed by atoms with E-state index in [2.05, 4.69) is 15.3 Å². The fourth-order valence-electron chi connectivity index (χ4n) is 2.45. The van der Waals surface area contributed by atoms with Crippen molar-refractivity contribution < 1.29 is 14.6 Å². The van der Waals surface area contributed by atoms with Gasteiger partial charge in [-0.2, -0.15) is 0 Å². The van der Waals surface area contributed by atoms with Gasteiger partial charge in [0.15, 0.2) is 0 Å². The Bertz CT molecular complexity index is 655. The lowest BCUT2D eigenvalue weighted by atomic mass is 10.1. The highest BCUT2D eigenvalue weighted by atomic mass is 16.5. The Morgan fingerprint density at radius 3 is 2.86 bits per heavy atom. The summed E-state index contributed by atoms with van der Waals surface area (Å²) in [5.74, 6) is -0.621. The van der Waals surface area contributed by atoms with E-state index in [1.165, 1.54) is 6.20 Å². The Morgan fingerprint density at radius 2 is 2.18 bits per heavy atom. The Morgan fingerprint density at radius 1 is 1.36 bits per heavy atom. The highest BCUT2D eigenvalue weighted by Gasteiger charge is 2.18. The molecular formula is C16H17N3O3. The van der Waals surface area contributed by atoms with Gasteiger partial charge in [0.1, 0.15) is 5.56 Å². The molecule has 1 aromatic carbocycles. The van der Waals surface area contributed by atoms with Crippen molar-refractivity contribution in [3.05, 3.63) is 42.1 Å². The van der Waals surface area contributed by atoms with Gasteiger partial charge in [-0.05, 0) is 12.8 Å². The van der Waals surface area contributed by atoms with Crippen molar-refractivity contribution in [2.75, 3.05) is 18.5 Å². The van der Waals surface area contributed by atoms with E-state index in [-0.39, 0.29) is 11.7 Å². The summed E-state index contributed by atoms with van der Waals surface area (Å²) >= 11 is 0. The second kappa shape index (κ2) is 6.53. The summed E-state index contributed by atoms with van der Waals surface area (Å²) in [6, 6.07) is 9.24. The highest BCUT2D eigenvalue weighted by molar-refractivity contribution is 5.94. The largest absolute Gasteiger partial charge is 0.478 e. The van der Waals surface area contributed by atoms with Crippen LogP contribution in [0.5, 0.6) is 0 Å². The van der Waals surface area contributed by atoms with Crippen molar-refractivity contribution >= 4 is 11.9 Å². The summed E-state index contributed by atoms with van der Waals surface area (Å²) in [6.45, 7) is 1.42. The zero-order chi connectivity index (χ0) is 15.4. The number of benzene rings is 1. The topological polar surface area (TPSA) is 84.3 Å². The predicted molar refractivity (Wildman–Crippen MR) is 81.9 cm³/mol. The van der Waals surface area contributed by atoms with E-state index in [4.69, 9.17) is 4.74 Å². The summed E-state index contributed by atoms with van der Waals surface area (Å²) in [7, 11) is 0. The number of carbonyl (C=O) groups is 1.